The number of allylic oxidation sites excluding steroid dienone is 1. The van der Waals surface area contributed by atoms with Gasteiger partial charge in [-0.3, -0.25) is 9.79 Å². The summed E-state index contributed by atoms with van der Waals surface area (Å²) in [5, 5.41) is 10.4. The van der Waals surface area contributed by atoms with Gasteiger partial charge in [-0.25, -0.2) is 4.79 Å². The molecule has 0 aromatic heterocycles. The van der Waals surface area contributed by atoms with Gasteiger partial charge in [-0.05, 0) is 62.1 Å². The van der Waals surface area contributed by atoms with Crippen LogP contribution in [0.2, 0.25) is 0 Å². The molecule has 0 unspecified atom stereocenters. The van der Waals surface area contributed by atoms with E-state index in [1.54, 1.807) is 12.1 Å². The molecule has 2 fully saturated rings. The Hall–Kier alpha value is -2.63. The number of carbonyl (C=O) groups is 2. The Balaban J connectivity index is 1.80. The highest BCUT2D eigenvalue weighted by Gasteiger charge is 2.48. The number of hydrogen-bond acceptors (Lipinski definition) is 6. The van der Waals surface area contributed by atoms with Gasteiger partial charge in [0.05, 0.1) is 18.6 Å². The van der Waals surface area contributed by atoms with Crippen molar-refractivity contribution in [1.82, 2.24) is 0 Å². The van der Waals surface area contributed by atoms with Gasteiger partial charge >= 0.3 is 5.97 Å². The van der Waals surface area contributed by atoms with Crippen molar-refractivity contribution in [1.29, 1.82) is 0 Å². The van der Waals surface area contributed by atoms with Gasteiger partial charge in [-0.2, -0.15) is 0 Å². The highest BCUT2D eigenvalue weighted by molar-refractivity contribution is 6.12. The molecule has 2 atom stereocenters. The summed E-state index contributed by atoms with van der Waals surface area (Å²) in [6.07, 6.45) is 4.91. The van der Waals surface area contributed by atoms with E-state index in [0.29, 0.717) is 35.4 Å². The Kier molecular flexibility index (Phi) is 5.67. The van der Waals surface area contributed by atoms with Crippen molar-refractivity contribution in [2.45, 2.75) is 71.3 Å². The van der Waals surface area contributed by atoms with Crippen molar-refractivity contribution in [3.8, 4) is 11.5 Å². The van der Waals surface area contributed by atoms with Crippen LogP contribution >= 0.6 is 0 Å². The minimum atomic E-state index is -0.526. The third-order valence-electron chi connectivity index (χ3n) is 6.72. The molecule has 1 aliphatic heterocycles. The Bertz CT molecular complexity index is 968. The molecule has 2 aliphatic carbocycles. The third-order valence-corrected chi connectivity index (χ3v) is 6.72. The highest BCUT2D eigenvalue weighted by atomic mass is 16.5. The van der Waals surface area contributed by atoms with E-state index < -0.39 is 17.8 Å². The number of hydrogen-bond donors (Lipinski definition) is 1. The lowest BCUT2D eigenvalue weighted by Crippen LogP contribution is -2.44. The maximum absolute atomic E-state index is 13.3. The Labute approximate surface area is 183 Å². The monoisotopic (exact) mass is 425 g/mol. The minimum Gasteiger partial charge on any atom is -0.504 e. The fraction of sp³-hybridized carbons (Fsp3) is 0.560. The van der Waals surface area contributed by atoms with Crippen molar-refractivity contribution < 1.29 is 24.2 Å². The largest absolute Gasteiger partial charge is 0.504 e. The van der Waals surface area contributed by atoms with E-state index in [0.717, 1.165) is 31.4 Å². The standard InChI is InChI=1S/C25H31NO5/c1-14-21(24(29)31-16-7-5-6-8-16)22(15-9-10-20(30-4)18(27)11-15)23-17(26-14)12-25(2,3)13-19(23)28/h9-11,16,22-23,27H,5-8,12-13H2,1-4H3/t22-,23-/m1/s1. The first-order valence-electron chi connectivity index (χ1n) is 11.1. The first-order valence-corrected chi connectivity index (χ1v) is 11.1. The van der Waals surface area contributed by atoms with Gasteiger partial charge in [-0.15, -0.1) is 0 Å². The molecule has 4 rings (SSSR count). The second-order valence-electron chi connectivity index (χ2n) is 9.78. The Morgan fingerprint density at radius 1 is 1.16 bits per heavy atom. The number of benzene rings is 1. The average Bonchev–Trinajstić information content (AvgIpc) is 3.18. The van der Waals surface area contributed by atoms with Crippen LogP contribution in [-0.4, -0.2) is 35.8 Å². The van der Waals surface area contributed by atoms with Crippen LogP contribution in [0.5, 0.6) is 11.5 Å². The van der Waals surface area contributed by atoms with E-state index in [4.69, 9.17) is 14.5 Å². The molecule has 2 saturated carbocycles. The summed E-state index contributed by atoms with van der Waals surface area (Å²) in [5.41, 5.74) is 2.37. The zero-order valence-corrected chi connectivity index (χ0v) is 18.7. The fourth-order valence-electron chi connectivity index (χ4n) is 5.34. The highest BCUT2D eigenvalue weighted by Crippen LogP contribution is 2.48. The number of carbonyl (C=O) groups excluding carboxylic acids is 2. The van der Waals surface area contributed by atoms with Crippen LogP contribution in [0.1, 0.15) is 70.8 Å². The number of nitrogens with zero attached hydrogens (tertiary/aromatic N) is 1. The quantitative estimate of drug-likeness (QED) is 0.707. The predicted molar refractivity (Wildman–Crippen MR) is 117 cm³/mol. The van der Waals surface area contributed by atoms with Gasteiger partial charge < -0.3 is 14.6 Å². The number of rotatable bonds is 4. The summed E-state index contributed by atoms with van der Waals surface area (Å²) in [4.78, 5) is 31.4. The number of phenols is 1. The number of methoxy groups -OCH3 is 1. The Morgan fingerprint density at radius 2 is 1.87 bits per heavy atom. The van der Waals surface area contributed by atoms with Gasteiger partial charge in [0.15, 0.2) is 11.5 Å². The number of phenolic OH excluding ortho intramolecular Hbond substituents is 1. The van der Waals surface area contributed by atoms with E-state index in [1.165, 1.54) is 7.11 Å². The summed E-state index contributed by atoms with van der Waals surface area (Å²) < 4.78 is 11.0. The Morgan fingerprint density at radius 3 is 2.52 bits per heavy atom. The van der Waals surface area contributed by atoms with E-state index >= 15 is 0 Å². The van der Waals surface area contributed by atoms with E-state index in [-0.39, 0.29) is 23.1 Å². The number of esters is 1. The smallest absolute Gasteiger partial charge is 0.336 e. The second kappa shape index (κ2) is 8.13. The molecule has 166 valence electrons. The van der Waals surface area contributed by atoms with Crippen LogP contribution < -0.4 is 4.74 Å². The molecule has 0 spiro atoms. The molecule has 0 amide bonds. The molecule has 0 radical (unpaired) electrons. The summed E-state index contributed by atoms with van der Waals surface area (Å²) in [6, 6.07) is 5.08. The first kappa shape index (κ1) is 21.6. The molecule has 1 N–H and O–H groups in total. The lowest BCUT2D eigenvalue weighted by molar-refractivity contribution is -0.144. The molecule has 0 bridgehead atoms. The number of aromatic hydroxyl groups is 1. The number of aliphatic imine (C=N–C) groups is 1. The number of fused-ring (bicyclic) bond motifs is 1. The number of ether oxygens (including phenoxy) is 2. The van der Waals surface area contributed by atoms with E-state index in [1.807, 2.05) is 13.0 Å². The second-order valence-corrected chi connectivity index (χ2v) is 9.78. The summed E-state index contributed by atoms with van der Waals surface area (Å²) >= 11 is 0. The fourth-order valence-corrected chi connectivity index (χ4v) is 5.34. The molecule has 3 aliphatic rings. The van der Waals surface area contributed by atoms with Crippen molar-refractivity contribution in [2.24, 2.45) is 16.3 Å². The lowest BCUT2D eigenvalue weighted by atomic mass is 9.63. The van der Waals surface area contributed by atoms with Crippen LogP contribution in [-0.2, 0) is 14.3 Å². The van der Waals surface area contributed by atoms with Crippen LogP contribution in [0.25, 0.3) is 0 Å². The molecule has 0 saturated heterocycles. The SMILES string of the molecule is COc1ccc([C@@H]2C(C(=O)OC3CCCC3)=C(C)N=C3CC(C)(C)CC(=O)[C@@H]32)cc1O. The first-order chi connectivity index (χ1) is 14.7. The molecule has 6 nitrogen and oxygen atoms in total. The summed E-state index contributed by atoms with van der Waals surface area (Å²) in [7, 11) is 1.49. The zero-order chi connectivity index (χ0) is 22.3. The zero-order valence-electron chi connectivity index (χ0n) is 18.7. The molecule has 31 heavy (non-hydrogen) atoms. The topological polar surface area (TPSA) is 85.2 Å². The molecule has 6 heteroatoms. The van der Waals surface area contributed by atoms with Crippen LogP contribution in [0, 0.1) is 11.3 Å². The number of Topliss-reactive ketones (excluding diaryl/α,β-unsaturated/α-hetero) is 1. The van der Waals surface area contributed by atoms with Gasteiger partial charge in [0.2, 0.25) is 0 Å². The van der Waals surface area contributed by atoms with Gasteiger partial charge in [-0.1, -0.05) is 19.9 Å². The maximum atomic E-state index is 13.3. The van der Waals surface area contributed by atoms with Gasteiger partial charge in [0.1, 0.15) is 11.9 Å². The minimum absolute atomic E-state index is 0.0196. The van der Waals surface area contributed by atoms with Crippen molar-refractivity contribution in [3.63, 3.8) is 0 Å². The van der Waals surface area contributed by atoms with Crippen LogP contribution in [0.15, 0.2) is 34.5 Å². The number of ketones is 1. The average molecular weight is 426 g/mol. The molecular formula is C25H31NO5. The molecule has 1 heterocycles. The van der Waals surface area contributed by atoms with Gasteiger partial charge in [0.25, 0.3) is 0 Å². The third kappa shape index (κ3) is 4.12. The van der Waals surface area contributed by atoms with E-state index in [9.17, 15) is 14.7 Å². The van der Waals surface area contributed by atoms with E-state index in [2.05, 4.69) is 13.8 Å². The lowest BCUT2D eigenvalue weighted by Gasteiger charge is -2.41. The predicted octanol–water partition coefficient (Wildman–Crippen LogP) is 4.70. The van der Waals surface area contributed by atoms with Crippen molar-refractivity contribution >= 4 is 17.5 Å². The van der Waals surface area contributed by atoms with Crippen LogP contribution in [0.4, 0.5) is 0 Å². The van der Waals surface area contributed by atoms with Gasteiger partial charge in [0, 0.05) is 23.7 Å². The normalized spacial score (nSPS) is 25.8. The van der Waals surface area contributed by atoms with Crippen LogP contribution in [0.3, 0.4) is 0 Å². The molecule has 1 aromatic carbocycles. The maximum Gasteiger partial charge on any atom is 0.336 e. The molecular weight excluding hydrogens is 394 g/mol. The molecule has 1 aromatic rings. The summed E-state index contributed by atoms with van der Waals surface area (Å²) in [6.45, 7) is 5.96. The summed E-state index contributed by atoms with van der Waals surface area (Å²) in [5.74, 6) is -1.04. The van der Waals surface area contributed by atoms with Crippen molar-refractivity contribution in [3.05, 3.63) is 35.0 Å². The van der Waals surface area contributed by atoms with Crippen molar-refractivity contribution in [2.75, 3.05) is 7.11 Å².